The zero-order chi connectivity index (χ0) is 14.5. The number of carbonyl (C=O) groups is 1. The highest BCUT2D eigenvalue weighted by Gasteiger charge is 2.26. The summed E-state index contributed by atoms with van der Waals surface area (Å²) >= 11 is 0. The molecule has 0 radical (unpaired) electrons. The van der Waals surface area contributed by atoms with Crippen molar-refractivity contribution >= 4 is 14.2 Å². The maximum absolute atomic E-state index is 11.2. The first-order valence-electron chi connectivity index (χ1n) is 7.06. The molecule has 0 aliphatic heterocycles. The van der Waals surface area contributed by atoms with Crippen LogP contribution in [0.1, 0.15) is 65.2 Å². The first kappa shape index (κ1) is 18.3. The lowest BCUT2D eigenvalue weighted by Crippen LogP contribution is -2.00. The van der Waals surface area contributed by atoms with Gasteiger partial charge < -0.3 is 0 Å². The van der Waals surface area contributed by atoms with Gasteiger partial charge in [0, 0.05) is 10.1 Å². The van der Waals surface area contributed by atoms with Crippen molar-refractivity contribution in [2.75, 3.05) is 6.61 Å². The largest absolute Gasteiger partial charge is 0.753 e. The molecular formula is C14H26O4P+. The fourth-order valence-electron chi connectivity index (χ4n) is 1.55. The molecule has 0 aromatic heterocycles. The van der Waals surface area contributed by atoms with Crippen LogP contribution in [0.4, 0.5) is 0 Å². The highest BCUT2D eigenvalue weighted by molar-refractivity contribution is 7.34. The SMILES string of the molecule is C=C(C)C(=O)O[P+](=O)OCCCCCCCCCC. The summed E-state index contributed by atoms with van der Waals surface area (Å²) < 4.78 is 20.7. The molecule has 0 rings (SSSR count). The molecule has 1 unspecified atom stereocenters. The number of rotatable bonds is 12. The van der Waals surface area contributed by atoms with E-state index in [1.165, 1.54) is 45.4 Å². The minimum Gasteiger partial charge on any atom is -0.241 e. The zero-order valence-corrected chi connectivity index (χ0v) is 13.0. The van der Waals surface area contributed by atoms with E-state index in [1.54, 1.807) is 0 Å². The van der Waals surface area contributed by atoms with Crippen LogP contribution in [0.5, 0.6) is 0 Å². The fourth-order valence-corrected chi connectivity index (χ4v) is 2.17. The van der Waals surface area contributed by atoms with Crippen molar-refractivity contribution in [2.24, 2.45) is 0 Å². The van der Waals surface area contributed by atoms with Crippen molar-refractivity contribution in [3.63, 3.8) is 0 Å². The number of unbranched alkanes of at least 4 members (excludes halogenated alkanes) is 7. The summed E-state index contributed by atoms with van der Waals surface area (Å²) in [5.74, 6) is -0.669. The third kappa shape index (κ3) is 12.1. The van der Waals surface area contributed by atoms with Crippen molar-refractivity contribution in [1.82, 2.24) is 0 Å². The molecule has 0 saturated heterocycles. The number of carbonyl (C=O) groups excluding carboxylic acids is 1. The van der Waals surface area contributed by atoms with E-state index >= 15 is 0 Å². The summed E-state index contributed by atoms with van der Waals surface area (Å²) in [6.07, 6.45) is 9.52. The molecule has 0 fully saturated rings. The second kappa shape index (κ2) is 12.3. The van der Waals surface area contributed by atoms with Gasteiger partial charge in [-0.25, -0.2) is 4.79 Å². The Hall–Kier alpha value is -0.730. The van der Waals surface area contributed by atoms with Crippen molar-refractivity contribution in [3.8, 4) is 0 Å². The second-order valence-electron chi connectivity index (χ2n) is 4.69. The molecule has 110 valence electrons. The number of hydrogen-bond donors (Lipinski definition) is 0. The molecule has 0 aromatic rings. The first-order valence-corrected chi connectivity index (χ1v) is 8.15. The molecule has 0 aromatic carbocycles. The van der Waals surface area contributed by atoms with Crippen molar-refractivity contribution in [1.29, 1.82) is 0 Å². The van der Waals surface area contributed by atoms with E-state index < -0.39 is 14.2 Å². The molecule has 0 aliphatic rings. The van der Waals surface area contributed by atoms with Gasteiger partial charge in [-0.15, -0.1) is 4.52 Å². The minimum absolute atomic E-state index is 0.221. The van der Waals surface area contributed by atoms with Crippen molar-refractivity contribution < 1.29 is 18.4 Å². The number of hydrogen-bond acceptors (Lipinski definition) is 4. The fraction of sp³-hybridized carbons (Fsp3) is 0.786. The molecule has 0 N–H and O–H groups in total. The van der Waals surface area contributed by atoms with E-state index in [9.17, 15) is 9.36 Å². The van der Waals surface area contributed by atoms with E-state index in [1.807, 2.05) is 0 Å². The van der Waals surface area contributed by atoms with E-state index in [-0.39, 0.29) is 5.57 Å². The molecule has 5 heteroatoms. The van der Waals surface area contributed by atoms with Gasteiger partial charge in [-0.3, -0.25) is 0 Å². The van der Waals surface area contributed by atoms with Crippen LogP contribution < -0.4 is 0 Å². The maximum atomic E-state index is 11.2. The van der Waals surface area contributed by atoms with Crippen LogP contribution in [-0.4, -0.2) is 12.6 Å². The summed E-state index contributed by atoms with van der Waals surface area (Å²) in [4.78, 5) is 11.0. The summed E-state index contributed by atoms with van der Waals surface area (Å²) in [6.45, 7) is 7.48. The summed E-state index contributed by atoms with van der Waals surface area (Å²) in [5.41, 5.74) is 0.221. The van der Waals surface area contributed by atoms with Crippen LogP contribution in [-0.2, 0) is 18.4 Å². The van der Waals surface area contributed by atoms with E-state index in [4.69, 9.17) is 4.52 Å². The average molecular weight is 289 g/mol. The van der Waals surface area contributed by atoms with Gasteiger partial charge in [0.15, 0.2) is 0 Å². The molecule has 0 saturated carbocycles. The van der Waals surface area contributed by atoms with Crippen molar-refractivity contribution in [2.45, 2.75) is 65.2 Å². The van der Waals surface area contributed by atoms with E-state index in [2.05, 4.69) is 18.0 Å². The predicted octanol–water partition coefficient (Wildman–Crippen LogP) is 4.92. The van der Waals surface area contributed by atoms with Gasteiger partial charge in [-0.05, 0) is 13.3 Å². The van der Waals surface area contributed by atoms with Gasteiger partial charge in [-0.1, -0.05) is 58.4 Å². The third-order valence-electron chi connectivity index (χ3n) is 2.70. The van der Waals surface area contributed by atoms with Gasteiger partial charge >= 0.3 is 14.2 Å². The van der Waals surface area contributed by atoms with Crippen LogP contribution in [0.2, 0.25) is 0 Å². The highest BCUT2D eigenvalue weighted by Crippen LogP contribution is 2.25. The molecule has 0 aliphatic carbocycles. The highest BCUT2D eigenvalue weighted by atomic mass is 31.1. The van der Waals surface area contributed by atoms with Crippen LogP contribution in [0.25, 0.3) is 0 Å². The Bertz CT molecular complexity index is 289. The average Bonchev–Trinajstić information content (AvgIpc) is 2.36. The van der Waals surface area contributed by atoms with Crippen LogP contribution >= 0.6 is 8.25 Å². The Labute approximate surface area is 117 Å². The summed E-state index contributed by atoms with van der Waals surface area (Å²) in [6, 6.07) is 0. The maximum Gasteiger partial charge on any atom is 0.753 e. The first-order chi connectivity index (χ1) is 9.07. The normalized spacial score (nSPS) is 11.2. The van der Waals surface area contributed by atoms with Crippen molar-refractivity contribution in [3.05, 3.63) is 12.2 Å². The van der Waals surface area contributed by atoms with Crippen LogP contribution in [0.3, 0.4) is 0 Å². The Morgan fingerprint density at radius 3 is 2.11 bits per heavy atom. The third-order valence-corrected chi connectivity index (χ3v) is 3.41. The smallest absolute Gasteiger partial charge is 0.241 e. The molecule has 19 heavy (non-hydrogen) atoms. The van der Waals surface area contributed by atoms with Crippen LogP contribution in [0.15, 0.2) is 12.2 Å². The Kier molecular flexibility index (Phi) is 11.8. The van der Waals surface area contributed by atoms with Gasteiger partial charge in [0.2, 0.25) is 0 Å². The van der Waals surface area contributed by atoms with E-state index in [0.29, 0.717) is 6.61 Å². The lowest BCUT2D eigenvalue weighted by molar-refractivity contribution is -0.130. The van der Waals surface area contributed by atoms with Gasteiger partial charge in [0.25, 0.3) is 0 Å². The lowest BCUT2D eigenvalue weighted by atomic mass is 10.1. The topological polar surface area (TPSA) is 52.6 Å². The monoisotopic (exact) mass is 289 g/mol. The Morgan fingerprint density at radius 2 is 1.58 bits per heavy atom. The Balaban J connectivity index is 3.32. The summed E-state index contributed by atoms with van der Waals surface area (Å²) in [7, 11) is -2.35. The molecule has 4 nitrogen and oxygen atoms in total. The molecule has 0 heterocycles. The van der Waals surface area contributed by atoms with Gasteiger partial charge in [0.1, 0.15) is 6.61 Å². The van der Waals surface area contributed by atoms with E-state index in [0.717, 1.165) is 12.8 Å². The molecule has 0 amide bonds. The summed E-state index contributed by atoms with van der Waals surface area (Å²) in [5, 5.41) is 0. The molecule has 0 spiro atoms. The predicted molar refractivity (Wildman–Crippen MR) is 77.1 cm³/mol. The zero-order valence-electron chi connectivity index (χ0n) is 12.2. The Morgan fingerprint density at radius 1 is 1.05 bits per heavy atom. The quantitative estimate of drug-likeness (QED) is 0.291. The molecule has 0 bridgehead atoms. The van der Waals surface area contributed by atoms with Gasteiger partial charge in [0.05, 0.1) is 0 Å². The minimum atomic E-state index is -2.35. The van der Waals surface area contributed by atoms with Gasteiger partial charge in [-0.2, -0.15) is 4.52 Å². The lowest BCUT2D eigenvalue weighted by Gasteiger charge is -1.99. The standard InChI is InChI=1S/C14H26O4P/c1-4-5-6-7-8-9-10-11-12-17-19(16)18-14(15)13(2)3/h2,4-12H2,1,3H3/q+1. The molecule has 1 atom stereocenters. The second-order valence-corrected chi connectivity index (χ2v) is 5.58. The molecular weight excluding hydrogens is 263 g/mol. The van der Waals surface area contributed by atoms with Crippen LogP contribution in [0, 0.1) is 0 Å².